The highest BCUT2D eigenvalue weighted by atomic mass is 35.5. The van der Waals surface area contributed by atoms with Crippen LogP contribution in [0.25, 0.3) is 0 Å². The summed E-state index contributed by atoms with van der Waals surface area (Å²) in [5.74, 6) is 0.133. The van der Waals surface area contributed by atoms with E-state index in [1.807, 2.05) is 6.07 Å². The van der Waals surface area contributed by atoms with Crippen molar-refractivity contribution in [2.24, 2.45) is 0 Å². The number of amides is 1. The normalized spacial score (nSPS) is 20.4. The summed E-state index contributed by atoms with van der Waals surface area (Å²) < 4.78 is 26.1. The second kappa shape index (κ2) is 8.48. The van der Waals surface area contributed by atoms with Crippen molar-refractivity contribution >= 4 is 39.2 Å². The third kappa shape index (κ3) is 4.83. The number of rotatable bonds is 5. The monoisotopic (exact) mass is 492 g/mol. The van der Waals surface area contributed by atoms with Gasteiger partial charge in [-0.3, -0.25) is 9.62 Å². The Balaban J connectivity index is 1.18. The van der Waals surface area contributed by atoms with Gasteiger partial charge in [-0.25, -0.2) is 13.2 Å². The number of carbonyl (C=O) groups excluding carboxylic acids is 1. The molecule has 3 heterocycles. The standard InChI is InChI=1S/C22H29ClN6O3S/c1-33(31,32)25-20-5-10-29(24-20)21(30)27-13-11-26(12-14-27)16-17-3-4-18(23)19(15-17)28-9-2-6-22(28)7-8-22/h3-5,10,15H,2,6-9,11-14,16H2,1H3,(H,24,25). The number of sulfonamides is 1. The number of hydrogen-bond donors (Lipinski definition) is 1. The molecule has 3 fully saturated rings. The molecule has 1 amide bonds. The van der Waals surface area contributed by atoms with Crippen molar-refractivity contribution in [1.82, 2.24) is 19.6 Å². The average Bonchev–Trinajstić information content (AvgIpc) is 3.20. The van der Waals surface area contributed by atoms with E-state index in [1.165, 1.54) is 48.2 Å². The van der Waals surface area contributed by atoms with E-state index >= 15 is 0 Å². The van der Waals surface area contributed by atoms with E-state index in [2.05, 4.69) is 31.8 Å². The summed E-state index contributed by atoms with van der Waals surface area (Å²) >= 11 is 6.58. The van der Waals surface area contributed by atoms with Crippen molar-refractivity contribution in [3.63, 3.8) is 0 Å². The lowest BCUT2D eigenvalue weighted by atomic mass is 10.1. The highest BCUT2D eigenvalue weighted by Crippen LogP contribution is 2.52. The molecule has 0 atom stereocenters. The van der Waals surface area contributed by atoms with Crippen LogP contribution in [0.4, 0.5) is 16.3 Å². The predicted molar refractivity (Wildman–Crippen MR) is 128 cm³/mol. The van der Waals surface area contributed by atoms with Gasteiger partial charge in [0.15, 0.2) is 5.82 Å². The van der Waals surface area contributed by atoms with Crippen LogP contribution in [0.2, 0.25) is 5.02 Å². The number of nitrogens with zero attached hydrogens (tertiary/aromatic N) is 5. The quantitative estimate of drug-likeness (QED) is 0.690. The van der Waals surface area contributed by atoms with E-state index < -0.39 is 10.0 Å². The molecule has 0 unspecified atom stereocenters. The summed E-state index contributed by atoms with van der Waals surface area (Å²) in [6.45, 7) is 4.59. The summed E-state index contributed by atoms with van der Waals surface area (Å²) in [5.41, 5.74) is 2.76. The molecule has 1 aromatic carbocycles. The highest BCUT2D eigenvalue weighted by Gasteiger charge is 2.51. The van der Waals surface area contributed by atoms with Crippen LogP contribution in [-0.4, -0.2) is 78.5 Å². The zero-order chi connectivity index (χ0) is 23.2. The largest absolute Gasteiger partial charge is 0.365 e. The van der Waals surface area contributed by atoms with Crippen molar-refractivity contribution in [2.45, 2.75) is 37.8 Å². The van der Waals surface area contributed by atoms with Crippen LogP contribution < -0.4 is 9.62 Å². The van der Waals surface area contributed by atoms with Crippen LogP contribution in [0.1, 0.15) is 31.2 Å². The Morgan fingerprint density at radius 2 is 1.88 bits per heavy atom. The van der Waals surface area contributed by atoms with E-state index in [1.54, 1.807) is 4.90 Å². The zero-order valence-corrected chi connectivity index (χ0v) is 20.3. The van der Waals surface area contributed by atoms with Crippen molar-refractivity contribution in [3.8, 4) is 0 Å². The van der Waals surface area contributed by atoms with Gasteiger partial charge < -0.3 is 9.80 Å². The molecule has 2 aromatic rings. The molecule has 1 aromatic heterocycles. The smallest absolute Gasteiger partial charge is 0.344 e. The van der Waals surface area contributed by atoms with Crippen molar-refractivity contribution < 1.29 is 13.2 Å². The van der Waals surface area contributed by atoms with Gasteiger partial charge in [-0.05, 0) is 43.4 Å². The second-order valence-corrected chi connectivity index (χ2v) is 11.5. The number of benzene rings is 1. The average molecular weight is 493 g/mol. The Bertz CT molecular complexity index is 1150. The minimum Gasteiger partial charge on any atom is -0.365 e. The van der Waals surface area contributed by atoms with Crippen LogP contribution in [0, 0.1) is 0 Å². The summed E-state index contributed by atoms with van der Waals surface area (Å²) in [6, 6.07) is 7.57. The van der Waals surface area contributed by atoms with Crippen molar-refractivity contribution in [1.29, 1.82) is 0 Å². The molecule has 9 nitrogen and oxygen atoms in total. The highest BCUT2D eigenvalue weighted by molar-refractivity contribution is 7.92. The van der Waals surface area contributed by atoms with Crippen LogP contribution in [0.3, 0.4) is 0 Å². The van der Waals surface area contributed by atoms with Gasteiger partial charge in [0.2, 0.25) is 10.0 Å². The van der Waals surface area contributed by atoms with Gasteiger partial charge in [-0.1, -0.05) is 17.7 Å². The Hall–Kier alpha value is -2.30. The molecule has 5 rings (SSSR count). The van der Waals surface area contributed by atoms with E-state index in [-0.39, 0.29) is 11.8 Å². The minimum absolute atomic E-state index is 0.133. The molecule has 33 heavy (non-hydrogen) atoms. The lowest BCUT2D eigenvalue weighted by molar-refractivity contribution is 0.134. The Kier molecular flexibility index (Phi) is 5.78. The first-order valence-corrected chi connectivity index (χ1v) is 13.6. The number of hydrogen-bond acceptors (Lipinski definition) is 6. The summed E-state index contributed by atoms with van der Waals surface area (Å²) in [6.07, 6.45) is 7.57. The molecular weight excluding hydrogens is 464 g/mol. The first-order chi connectivity index (χ1) is 15.7. The minimum atomic E-state index is -3.43. The third-order valence-corrected chi connectivity index (χ3v) is 7.75. The Morgan fingerprint density at radius 1 is 1.12 bits per heavy atom. The number of aromatic nitrogens is 2. The topological polar surface area (TPSA) is 90.8 Å². The van der Waals surface area contributed by atoms with Crippen molar-refractivity contribution in [2.75, 3.05) is 48.6 Å². The molecule has 1 N–H and O–H groups in total. The molecule has 1 saturated carbocycles. The summed E-state index contributed by atoms with van der Waals surface area (Å²) in [7, 11) is -3.43. The molecule has 11 heteroatoms. The lowest BCUT2D eigenvalue weighted by Gasteiger charge is -2.34. The van der Waals surface area contributed by atoms with Crippen LogP contribution in [-0.2, 0) is 16.6 Å². The Labute approximate surface area is 199 Å². The molecule has 3 aliphatic rings. The number of halogens is 1. The van der Waals surface area contributed by atoms with E-state index in [0.29, 0.717) is 18.6 Å². The maximum atomic E-state index is 12.8. The Morgan fingerprint density at radius 3 is 2.58 bits per heavy atom. The number of anilines is 2. The fourth-order valence-corrected chi connectivity index (χ4v) is 5.73. The van der Waals surface area contributed by atoms with E-state index in [4.69, 9.17) is 11.6 Å². The van der Waals surface area contributed by atoms with Crippen LogP contribution in [0.5, 0.6) is 0 Å². The van der Waals surface area contributed by atoms with E-state index in [0.717, 1.165) is 43.1 Å². The first kappa shape index (κ1) is 22.5. The van der Waals surface area contributed by atoms with Gasteiger partial charge in [0.25, 0.3) is 0 Å². The molecule has 1 aliphatic carbocycles. The number of nitrogens with one attached hydrogen (secondary N) is 1. The van der Waals surface area contributed by atoms with Crippen molar-refractivity contribution in [3.05, 3.63) is 41.0 Å². The maximum Gasteiger partial charge on any atom is 0.344 e. The van der Waals surface area contributed by atoms with Gasteiger partial charge in [0, 0.05) is 57.1 Å². The summed E-state index contributed by atoms with van der Waals surface area (Å²) in [5, 5.41) is 4.86. The van der Waals surface area contributed by atoms with Gasteiger partial charge >= 0.3 is 6.03 Å². The van der Waals surface area contributed by atoms with Gasteiger partial charge in [0.05, 0.1) is 17.0 Å². The number of piperazine rings is 1. The van der Waals surface area contributed by atoms with Gasteiger partial charge in [-0.2, -0.15) is 4.68 Å². The molecule has 1 spiro atoms. The van der Waals surface area contributed by atoms with Gasteiger partial charge in [0.1, 0.15) is 0 Å². The lowest BCUT2D eigenvalue weighted by Crippen LogP contribution is -2.49. The molecular formula is C22H29ClN6O3S. The molecule has 178 valence electrons. The molecule has 0 bridgehead atoms. The third-order valence-electron chi connectivity index (χ3n) is 6.85. The van der Waals surface area contributed by atoms with Crippen LogP contribution >= 0.6 is 11.6 Å². The first-order valence-electron chi connectivity index (χ1n) is 11.3. The van der Waals surface area contributed by atoms with Gasteiger partial charge in [-0.15, -0.1) is 5.10 Å². The number of carbonyl (C=O) groups is 1. The second-order valence-electron chi connectivity index (χ2n) is 9.33. The van der Waals surface area contributed by atoms with Crippen LogP contribution in [0.15, 0.2) is 30.5 Å². The SMILES string of the molecule is CS(=O)(=O)Nc1ccn(C(=O)N2CCN(Cc3ccc(Cl)c(N4CCCC45CC5)c3)CC2)n1. The van der Waals surface area contributed by atoms with E-state index in [9.17, 15) is 13.2 Å². The summed E-state index contributed by atoms with van der Waals surface area (Å²) in [4.78, 5) is 19.3. The molecule has 0 radical (unpaired) electrons. The zero-order valence-electron chi connectivity index (χ0n) is 18.7. The predicted octanol–water partition coefficient (Wildman–Crippen LogP) is 2.83. The molecule has 2 saturated heterocycles. The maximum absolute atomic E-state index is 12.8. The fourth-order valence-electron chi connectivity index (χ4n) is 5.02. The fraction of sp³-hybridized carbons (Fsp3) is 0.545. The molecule has 2 aliphatic heterocycles.